The molecule has 2 atom stereocenters. The fourth-order valence-electron chi connectivity index (χ4n) is 1.88. The summed E-state index contributed by atoms with van der Waals surface area (Å²) in [4.78, 5) is 0. The van der Waals surface area contributed by atoms with E-state index in [0.717, 1.165) is 18.8 Å². The van der Waals surface area contributed by atoms with E-state index in [2.05, 4.69) is 40.0 Å². The third-order valence-corrected chi connectivity index (χ3v) is 3.01. The molecule has 0 aromatic heterocycles. The van der Waals surface area contributed by atoms with Crippen LogP contribution in [0.4, 0.5) is 0 Å². The smallest absolute Gasteiger partial charge is 0.0262 e. The van der Waals surface area contributed by atoms with Gasteiger partial charge in [0, 0.05) is 0 Å². The standard InChI is InChI=1S/C16H28/c1-6-9-11-16(12-14(4)8-3)13-15(5)10-7-2/h6-7,12,14-15H,1-2,8-11,13H2,3-5H3. The highest BCUT2D eigenvalue weighted by Crippen LogP contribution is 2.22. The Balaban J connectivity index is 4.34. The topological polar surface area (TPSA) is 0 Å². The third-order valence-electron chi connectivity index (χ3n) is 3.01. The Morgan fingerprint density at radius 1 is 1.19 bits per heavy atom. The van der Waals surface area contributed by atoms with Gasteiger partial charge < -0.3 is 0 Å². The Bertz CT molecular complexity index is 222. The van der Waals surface area contributed by atoms with Gasteiger partial charge in [0.25, 0.3) is 0 Å². The molecular weight excluding hydrogens is 192 g/mol. The molecule has 0 aliphatic rings. The summed E-state index contributed by atoms with van der Waals surface area (Å²) in [7, 11) is 0. The van der Waals surface area contributed by atoms with Gasteiger partial charge in [0.15, 0.2) is 0 Å². The maximum Gasteiger partial charge on any atom is -0.0262 e. The number of hydrogen-bond acceptors (Lipinski definition) is 0. The normalized spacial score (nSPS) is 15.6. The lowest BCUT2D eigenvalue weighted by Gasteiger charge is -2.14. The molecule has 0 spiro atoms. The van der Waals surface area contributed by atoms with Gasteiger partial charge in [-0.05, 0) is 37.5 Å². The fraction of sp³-hybridized carbons (Fsp3) is 0.625. The summed E-state index contributed by atoms with van der Waals surface area (Å²) < 4.78 is 0. The van der Waals surface area contributed by atoms with Crippen molar-refractivity contribution in [2.24, 2.45) is 11.8 Å². The minimum absolute atomic E-state index is 0.704. The Kier molecular flexibility index (Phi) is 8.99. The van der Waals surface area contributed by atoms with Crippen molar-refractivity contribution in [2.45, 2.75) is 52.9 Å². The van der Waals surface area contributed by atoms with Crippen molar-refractivity contribution in [3.8, 4) is 0 Å². The Morgan fingerprint density at radius 2 is 1.88 bits per heavy atom. The van der Waals surface area contributed by atoms with Crippen molar-refractivity contribution in [1.29, 1.82) is 0 Å². The number of rotatable bonds is 9. The van der Waals surface area contributed by atoms with Gasteiger partial charge in [0.05, 0.1) is 0 Å². The highest BCUT2D eigenvalue weighted by molar-refractivity contribution is 5.06. The molecule has 0 heterocycles. The van der Waals surface area contributed by atoms with Crippen LogP contribution in [0, 0.1) is 11.8 Å². The molecule has 2 unspecified atom stereocenters. The molecule has 0 rings (SSSR count). The fourth-order valence-corrected chi connectivity index (χ4v) is 1.88. The summed E-state index contributed by atoms with van der Waals surface area (Å²) in [6.45, 7) is 14.5. The maximum absolute atomic E-state index is 3.81. The van der Waals surface area contributed by atoms with E-state index in [1.807, 2.05) is 12.2 Å². The molecule has 0 saturated carbocycles. The van der Waals surface area contributed by atoms with Crippen LogP contribution in [-0.2, 0) is 0 Å². The predicted octanol–water partition coefficient (Wildman–Crippen LogP) is 5.53. The van der Waals surface area contributed by atoms with Crippen molar-refractivity contribution >= 4 is 0 Å². The first-order valence-corrected chi connectivity index (χ1v) is 6.55. The molecule has 0 heteroatoms. The van der Waals surface area contributed by atoms with E-state index >= 15 is 0 Å². The van der Waals surface area contributed by atoms with Crippen LogP contribution < -0.4 is 0 Å². The maximum atomic E-state index is 3.81. The van der Waals surface area contributed by atoms with Gasteiger partial charge in [-0.15, -0.1) is 13.2 Å². The molecule has 92 valence electrons. The van der Waals surface area contributed by atoms with E-state index in [9.17, 15) is 0 Å². The zero-order valence-electron chi connectivity index (χ0n) is 11.3. The van der Waals surface area contributed by atoms with Crippen molar-refractivity contribution in [3.05, 3.63) is 37.0 Å². The minimum Gasteiger partial charge on any atom is -0.103 e. The van der Waals surface area contributed by atoms with Gasteiger partial charge in [0.2, 0.25) is 0 Å². The lowest BCUT2D eigenvalue weighted by molar-refractivity contribution is 0.566. The van der Waals surface area contributed by atoms with Crippen LogP contribution in [0.3, 0.4) is 0 Å². The first-order valence-electron chi connectivity index (χ1n) is 6.55. The van der Waals surface area contributed by atoms with E-state index in [1.54, 1.807) is 5.57 Å². The molecule has 0 bridgehead atoms. The Labute approximate surface area is 102 Å². The van der Waals surface area contributed by atoms with Crippen LogP contribution in [0.5, 0.6) is 0 Å². The van der Waals surface area contributed by atoms with E-state index in [-0.39, 0.29) is 0 Å². The zero-order valence-corrected chi connectivity index (χ0v) is 11.3. The highest BCUT2D eigenvalue weighted by Gasteiger charge is 2.05. The molecule has 0 fully saturated rings. The largest absolute Gasteiger partial charge is 0.103 e. The molecular formula is C16H28. The number of hydrogen-bond donors (Lipinski definition) is 0. The van der Waals surface area contributed by atoms with Gasteiger partial charge in [-0.1, -0.05) is 51.0 Å². The average molecular weight is 220 g/mol. The summed E-state index contributed by atoms with van der Waals surface area (Å²) >= 11 is 0. The SMILES string of the molecule is C=CCCC(=CC(C)CC)CC(C)CC=C. The molecule has 0 aliphatic heterocycles. The summed E-state index contributed by atoms with van der Waals surface area (Å²) in [5.41, 5.74) is 1.60. The van der Waals surface area contributed by atoms with Gasteiger partial charge in [0.1, 0.15) is 0 Å². The molecule has 0 amide bonds. The summed E-state index contributed by atoms with van der Waals surface area (Å²) in [5.74, 6) is 1.42. The summed E-state index contributed by atoms with van der Waals surface area (Å²) in [6.07, 6.45) is 12.3. The molecule has 0 radical (unpaired) electrons. The lowest BCUT2D eigenvalue weighted by Crippen LogP contribution is -1.98. The molecule has 0 saturated heterocycles. The molecule has 0 aliphatic carbocycles. The van der Waals surface area contributed by atoms with Crippen molar-refractivity contribution < 1.29 is 0 Å². The summed E-state index contributed by atoms with van der Waals surface area (Å²) in [5, 5.41) is 0. The van der Waals surface area contributed by atoms with Crippen LogP contribution in [0.1, 0.15) is 52.9 Å². The van der Waals surface area contributed by atoms with Crippen molar-refractivity contribution in [2.75, 3.05) is 0 Å². The Hall–Kier alpha value is -0.780. The first-order chi connectivity index (χ1) is 7.63. The first kappa shape index (κ1) is 15.2. The predicted molar refractivity (Wildman–Crippen MR) is 75.6 cm³/mol. The van der Waals surface area contributed by atoms with Crippen LogP contribution in [-0.4, -0.2) is 0 Å². The molecule has 0 N–H and O–H groups in total. The quantitative estimate of drug-likeness (QED) is 0.448. The van der Waals surface area contributed by atoms with Gasteiger partial charge >= 0.3 is 0 Å². The van der Waals surface area contributed by atoms with E-state index < -0.39 is 0 Å². The third kappa shape index (κ3) is 7.50. The van der Waals surface area contributed by atoms with Crippen molar-refractivity contribution in [1.82, 2.24) is 0 Å². The average Bonchev–Trinajstić information content (AvgIpc) is 2.26. The second-order valence-corrected chi connectivity index (χ2v) is 4.87. The number of allylic oxidation sites excluding steroid dienone is 4. The van der Waals surface area contributed by atoms with Crippen LogP contribution in [0.25, 0.3) is 0 Å². The lowest BCUT2D eigenvalue weighted by atomic mass is 9.92. The molecule has 16 heavy (non-hydrogen) atoms. The van der Waals surface area contributed by atoms with E-state index in [4.69, 9.17) is 0 Å². The molecule has 0 aromatic rings. The molecule has 0 nitrogen and oxygen atoms in total. The monoisotopic (exact) mass is 220 g/mol. The van der Waals surface area contributed by atoms with Crippen molar-refractivity contribution in [3.63, 3.8) is 0 Å². The second-order valence-electron chi connectivity index (χ2n) is 4.87. The van der Waals surface area contributed by atoms with Gasteiger partial charge in [-0.2, -0.15) is 0 Å². The van der Waals surface area contributed by atoms with Gasteiger partial charge in [-0.3, -0.25) is 0 Å². The van der Waals surface area contributed by atoms with Crippen LogP contribution in [0.15, 0.2) is 37.0 Å². The van der Waals surface area contributed by atoms with E-state index in [0.29, 0.717) is 5.92 Å². The van der Waals surface area contributed by atoms with Gasteiger partial charge in [-0.25, -0.2) is 0 Å². The van der Waals surface area contributed by atoms with Crippen LogP contribution >= 0.6 is 0 Å². The zero-order chi connectivity index (χ0) is 12.4. The highest BCUT2D eigenvalue weighted by atomic mass is 14.1. The minimum atomic E-state index is 0.704. The second kappa shape index (κ2) is 9.45. The summed E-state index contributed by atoms with van der Waals surface area (Å²) in [6, 6.07) is 0. The molecule has 0 aromatic carbocycles. The van der Waals surface area contributed by atoms with E-state index in [1.165, 1.54) is 19.3 Å². The van der Waals surface area contributed by atoms with Crippen LogP contribution in [0.2, 0.25) is 0 Å². The Morgan fingerprint density at radius 3 is 2.38 bits per heavy atom.